The monoisotopic (exact) mass is 541 g/mol. The second-order valence-electron chi connectivity index (χ2n) is 6.28. The molecule has 0 bridgehead atoms. The van der Waals surface area contributed by atoms with E-state index in [1.165, 1.54) is 0 Å². The van der Waals surface area contributed by atoms with Gasteiger partial charge < -0.3 is 15.4 Å². The molecule has 2 amide bonds. The maximum Gasteiger partial charge on any atom is 0.429 e. The fraction of sp³-hybridized carbons (Fsp3) is 0.235. The van der Waals surface area contributed by atoms with Gasteiger partial charge in [0.05, 0.1) is 16.1 Å². The minimum atomic E-state index is -5.17. The number of carbonyl (C=O) groups excluding carboxylic acids is 1. The van der Waals surface area contributed by atoms with Crippen LogP contribution in [0.5, 0.6) is 5.75 Å². The molecule has 0 fully saturated rings. The molecule has 34 heavy (non-hydrogen) atoms. The lowest BCUT2D eigenvalue weighted by molar-refractivity contribution is -0.387. The van der Waals surface area contributed by atoms with E-state index >= 15 is 0 Å². The van der Waals surface area contributed by atoms with Crippen LogP contribution in [0.15, 0.2) is 36.4 Å². The minimum absolute atomic E-state index is 0.160. The quantitative estimate of drug-likeness (QED) is 0.177. The summed E-state index contributed by atoms with van der Waals surface area (Å²) in [6.07, 6.45) is -14.6. The van der Waals surface area contributed by atoms with Crippen molar-refractivity contribution in [1.29, 1.82) is 0 Å². The minimum Gasteiger partial charge on any atom is -0.423 e. The van der Waals surface area contributed by atoms with Gasteiger partial charge in [-0.2, -0.15) is 35.1 Å². The fourth-order valence-electron chi connectivity index (χ4n) is 2.34. The molecule has 0 saturated heterocycles. The molecule has 2 N–H and O–H groups in total. The number of hydrogen-bond donors (Lipinski definition) is 2. The van der Waals surface area contributed by atoms with Crippen LogP contribution in [-0.2, 0) is 12.4 Å². The van der Waals surface area contributed by atoms with E-state index < -0.39 is 68.2 Å². The summed E-state index contributed by atoms with van der Waals surface area (Å²) in [5.74, 6) is -1.00. The van der Waals surface area contributed by atoms with E-state index in [2.05, 4.69) is 4.74 Å². The van der Waals surface area contributed by atoms with Crippen molar-refractivity contribution in [3.05, 3.63) is 57.6 Å². The zero-order chi connectivity index (χ0) is 26.1. The smallest absolute Gasteiger partial charge is 0.423 e. The van der Waals surface area contributed by atoms with Gasteiger partial charge in [0.2, 0.25) is 10.6 Å². The van der Waals surface area contributed by atoms with Crippen molar-refractivity contribution < 1.29 is 49.6 Å². The number of benzene rings is 2. The van der Waals surface area contributed by atoms with Gasteiger partial charge in [0.15, 0.2) is 0 Å². The molecule has 0 aliphatic carbocycles. The molecule has 0 spiro atoms. The van der Waals surface area contributed by atoms with Crippen molar-refractivity contribution in [2.75, 3.05) is 10.6 Å². The van der Waals surface area contributed by atoms with Crippen LogP contribution in [0.2, 0.25) is 0 Å². The predicted molar refractivity (Wildman–Crippen MR) is 103 cm³/mol. The van der Waals surface area contributed by atoms with Gasteiger partial charge in [0, 0.05) is 17.4 Å². The molecule has 17 heteroatoms. The van der Waals surface area contributed by atoms with E-state index in [9.17, 15) is 50.0 Å². The number of carbonyl (C=O) groups is 1. The molecule has 186 valence electrons. The maximum atomic E-state index is 13.5. The van der Waals surface area contributed by atoms with Crippen molar-refractivity contribution >= 4 is 46.3 Å². The fourth-order valence-corrected chi connectivity index (χ4v) is 2.42. The predicted octanol–water partition coefficient (Wildman–Crippen LogP) is 7.05. The molecule has 2 rings (SSSR count). The molecule has 0 unspecified atom stereocenters. The Labute approximate surface area is 193 Å². The van der Waals surface area contributed by atoms with Gasteiger partial charge >= 0.3 is 30.2 Å². The first kappa shape index (κ1) is 27.2. The summed E-state index contributed by atoms with van der Waals surface area (Å²) in [4.78, 5) is 19.6. The Hall–Kier alpha value is -3.07. The van der Waals surface area contributed by atoms with Gasteiger partial charge in [0.1, 0.15) is 0 Å². The van der Waals surface area contributed by atoms with Gasteiger partial charge in [-0.05, 0) is 30.3 Å². The van der Waals surface area contributed by atoms with Crippen molar-refractivity contribution in [3.63, 3.8) is 0 Å². The molecule has 0 atom stereocenters. The maximum absolute atomic E-state index is 13.5. The number of nitro groups is 1. The Morgan fingerprint density at radius 3 is 1.82 bits per heavy atom. The number of halogens is 10. The summed E-state index contributed by atoms with van der Waals surface area (Å²) in [5, 5.41) is 14.8. The first-order chi connectivity index (χ1) is 15.4. The summed E-state index contributed by atoms with van der Waals surface area (Å²) in [6.45, 7) is 0. The van der Waals surface area contributed by atoms with Gasteiger partial charge in [-0.15, -0.1) is 0 Å². The standard InChI is InChI=1S/C17H9Cl2F8N3O4/c18-13(19)17(26,27)34-12-2-1-9(6-11(12)30(32)33)28-14(31)29-10-4-7(15(20,21)22)3-8(5-10)16(23,24)25/h1-6,13H,(H2,28,29,31). The third-order valence-corrected chi connectivity index (χ3v) is 4.27. The molecule has 0 saturated carbocycles. The number of amides is 2. The van der Waals surface area contributed by atoms with Crippen LogP contribution in [0.1, 0.15) is 11.1 Å². The number of nitro benzene ring substituents is 1. The highest BCUT2D eigenvalue weighted by molar-refractivity contribution is 6.44. The summed E-state index contributed by atoms with van der Waals surface area (Å²) in [6, 6.07) is 0.883. The highest BCUT2D eigenvalue weighted by atomic mass is 35.5. The number of alkyl halides is 10. The number of hydrogen-bond acceptors (Lipinski definition) is 4. The van der Waals surface area contributed by atoms with Crippen molar-refractivity contribution in [1.82, 2.24) is 0 Å². The van der Waals surface area contributed by atoms with Gasteiger partial charge in [-0.1, -0.05) is 23.2 Å². The van der Waals surface area contributed by atoms with Crippen LogP contribution in [0, 0.1) is 10.1 Å². The lowest BCUT2D eigenvalue weighted by Gasteiger charge is -2.18. The van der Waals surface area contributed by atoms with Crippen LogP contribution in [0.25, 0.3) is 0 Å². The van der Waals surface area contributed by atoms with Crippen molar-refractivity contribution in [3.8, 4) is 5.75 Å². The average Bonchev–Trinajstić information content (AvgIpc) is 2.67. The Morgan fingerprint density at radius 2 is 1.38 bits per heavy atom. The summed E-state index contributed by atoms with van der Waals surface area (Å²) in [7, 11) is 0. The third kappa shape index (κ3) is 6.96. The Balaban J connectivity index is 2.30. The van der Waals surface area contributed by atoms with Crippen molar-refractivity contribution in [2.45, 2.75) is 23.3 Å². The van der Waals surface area contributed by atoms with E-state index in [-0.39, 0.29) is 18.2 Å². The topological polar surface area (TPSA) is 93.5 Å². The molecular formula is C17H9Cl2F8N3O4. The molecule has 2 aromatic rings. The Morgan fingerprint density at radius 1 is 0.882 bits per heavy atom. The number of rotatable bonds is 6. The van der Waals surface area contributed by atoms with E-state index in [0.717, 1.165) is 6.07 Å². The molecule has 0 aliphatic rings. The molecular weight excluding hydrogens is 533 g/mol. The van der Waals surface area contributed by atoms with Crippen LogP contribution in [0.4, 0.5) is 57.0 Å². The number of ether oxygens (including phenoxy) is 1. The Bertz CT molecular complexity index is 1060. The second-order valence-corrected chi connectivity index (χ2v) is 7.37. The lowest BCUT2D eigenvalue weighted by Crippen LogP contribution is -2.32. The van der Waals surface area contributed by atoms with Crippen LogP contribution in [-0.4, -0.2) is 21.9 Å². The average molecular weight is 542 g/mol. The van der Waals surface area contributed by atoms with Gasteiger partial charge in [-0.25, -0.2) is 4.79 Å². The SMILES string of the molecule is O=C(Nc1cc(C(F)(F)F)cc(C(F)(F)F)c1)Nc1ccc(OC(F)(F)C(Cl)Cl)c([N+](=O)[O-])c1. The number of nitrogens with zero attached hydrogens (tertiary/aromatic N) is 1. The highest BCUT2D eigenvalue weighted by Crippen LogP contribution is 2.38. The molecule has 0 radical (unpaired) electrons. The van der Waals surface area contributed by atoms with E-state index in [4.69, 9.17) is 23.2 Å². The Kier molecular flexibility index (Phi) is 7.72. The zero-order valence-electron chi connectivity index (χ0n) is 15.9. The second kappa shape index (κ2) is 9.66. The third-order valence-electron chi connectivity index (χ3n) is 3.76. The largest absolute Gasteiger partial charge is 0.429 e. The van der Waals surface area contributed by atoms with E-state index in [1.807, 2.05) is 5.32 Å². The normalized spacial score (nSPS) is 12.4. The first-order valence-corrected chi connectivity index (χ1v) is 9.28. The number of anilines is 2. The van der Waals surface area contributed by atoms with Crippen molar-refractivity contribution in [2.24, 2.45) is 0 Å². The molecule has 7 nitrogen and oxygen atoms in total. The van der Waals surface area contributed by atoms with E-state index in [1.54, 1.807) is 5.32 Å². The molecule has 0 aliphatic heterocycles. The first-order valence-electron chi connectivity index (χ1n) is 8.41. The van der Waals surface area contributed by atoms with Crippen LogP contribution in [0.3, 0.4) is 0 Å². The number of urea groups is 1. The summed E-state index contributed by atoms with van der Waals surface area (Å²) in [5.41, 5.74) is -5.84. The zero-order valence-corrected chi connectivity index (χ0v) is 17.4. The highest BCUT2D eigenvalue weighted by Gasteiger charge is 2.42. The summed E-state index contributed by atoms with van der Waals surface area (Å²) >= 11 is 10.0. The van der Waals surface area contributed by atoms with E-state index in [0.29, 0.717) is 12.1 Å². The lowest BCUT2D eigenvalue weighted by atomic mass is 10.1. The molecule has 0 aromatic heterocycles. The number of nitrogens with one attached hydrogen (secondary N) is 2. The van der Waals surface area contributed by atoms with Crippen LogP contribution < -0.4 is 15.4 Å². The van der Waals surface area contributed by atoms with Gasteiger partial charge in [-0.3, -0.25) is 10.1 Å². The summed E-state index contributed by atoms with van der Waals surface area (Å²) < 4.78 is 109. The van der Waals surface area contributed by atoms with Gasteiger partial charge in [0.25, 0.3) is 0 Å². The molecule has 2 aromatic carbocycles. The van der Waals surface area contributed by atoms with Crippen LogP contribution >= 0.6 is 23.2 Å². The molecule has 0 heterocycles.